The quantitative estimate of drug-likeness (QED) is 0.832. The number of nitrogens with zero attached hydrogens (tertiary/aromatic N) is 3. The third-order valence-electron chi connectivity index (χ3n) is 3.76. The highest BCUT2D eigenvalue weighted by Gasteiger charge is 2.32. The van der Waals surface area contributed by atoms with Crippen LogP contribution in [-0.4, -0.2) is 55.3 Å². The minimum atomic E-state index is -4.44. The number of morpholine rings is 1. The Balaban J connectivity index is 1.97. The molecule has 2 rings (SSSR count). The van der Waals surface area contributed by atoms with E-state index in [4.69, 9.17) is 16.3 Å². The highest BCUT2D eigenvalue weighted by atomic mass is 35.5. The zero-order valence-electron chi connectivity index (χ0n) is 13.4. The average Bonchev–Trinajstić information content (AvgIpc) is 2.42. The smallest absolute Gasteiger partial charge is 0.373 e. The summed E-state index contributed by atoms with van der Waals surface area (Å²) in [6.07, 6.45) is -3.27. The highest BCUT2D eigenvalue weighted by Crippen LogP contribution is 2.33. The molecule has 1 aromatic heterocycles. The van der Waals surface area contributed by atoms with E-state index >= 15 is 0 Å². The van der Waals surface area contributed by atoms with Crippen LogP contribution in [0.25, 0.3) is 0 Å². The summed E-state index contributed by atoms with van der Waals surface area (Å²) in [6, 6.07) is 0.916. The van der Waals surface area contributed by atoms with Crippen molar-refractivity contribution in [1.29, 1.82) is 0 Å². The van der Waals surface area contributed by atoms with Gasteiger partial charge in [0, 0.05) is 39.4 Å². The summed E-state index contributed by atoms with van der Waals surface area (Å²) in [6.45, 7) is 7.13. The zero-order valence-corrected chi connectivity index (χ0v) is 14.2. The maximum absolute atomic E-state index is 12.6. The molecular weight excluding hydrogens is 331 g/mol. The van der Waals surface area contributed by atoms with Gasteiger partial charge < -0.3 is 9.64 Å². The van der Waals surface area contributed by atoms with Gasteiger partial charge in [0.2, 0.25) is 0 Å². The van der Waals surface area contributed by atoms with Gasteiger partial charge in [0.1, 0.15) is 5.82 Å². The summed E-state index contributed by atoms with van der Waals surface area (Å²) < 4.78 is 43.6. The lowest BCUT2D eigenvalue weighted by Gasteiger charge is -2.36. The van der Waals surface area contributed by atoms with Crippen LogP contribution in [0.5, 0.6) is 0 Å². The Hall–Kier alpha value is -1.05. The third-order valence-corrected chi connectivity index (χ3v) is 4.04. The summed E-state index contributed by atoms with van der Waals surface area (Å²) in [5.74, 6) is 0.356. The second-order valence-electron chi connectivity index (χ2n) is 5.97. The van der Waals surface area contributed by atoms with Crippen molar-refractivity contribution in [3.05, 3.63) is 22.8 Å². The molecule has 4 nitrogen and oxygen atoms in total. The molecule has 0 saturated carbocycles. The van der Waals surface area contributed by atoms with Gasteiger partial charge in [0.05, 0.1) is 22.8 Å². The van der Waals surface area contributed by atoms with E-state index in [-0.39, 0.29) is 17.2 Å². The maximum atomic E-state index is 12.6. The summed E-state index contributed by atoms with van der Waals surface area (Å²) >= 11 is 5.96. The van der Waals surface area contributed by atoms with E-state index in [1.54, 1.807) is 11.9 Å². The molecule has 1 fully saturated rings. The summed E-state index contributed by atoms with van der Waals surface area (Å²) in [7, 11) is 1.77. The number of ether oxygens (including phenoxy) is 1. The van der Waals surface area contributed by atoms with Gasteiger partial charge in [-0.05, 0) is 19.9 Å². The first kappa shape index (κ1) is 18.3. The van der Waals surface area contributed by atoms with E-state index in [1.807, 2.05) is 13.8 Å². The van der Waals surface area contributed by atoms with E-state index in [0.29, 0.717) is 12.4 Å². The molecule has 0 aliphatic carbocycles. The van der Waals surface area contributed by atoms with Crippen LogP contribution < -0.4 is 4.90 Å². The fraction of sp³-hybridized carbons (Fsp3) is 0.667. The number of pyridine rings is 1. The van der Waals surface area contributed by atoms with Crippen molar-refractivity contribution < 1.29 is 17.9 Å². The van der Waals surface area contributed by atoms with Crippen molar-refractivity contribution in [3.8, 4) is 0 Å². The Labute approximate surface area is 139 Å². The number of hydrogen-bond donors (Lipinski definition) is 0. The van der Waals surface area contributed by atoms with Crippen molar-refractivity contribution in [2.24, 2.45) is 0 Å². The minimum Gasteiger partial charge on any atom is -0.373 e. The van der Waals surface area contributed by atoms with E-state index in [1.165, 1.54) is 0 Å². The molecule has 1 aliphatic heterocycles. The summed E-state index contributed by atoms with van der Waals surface area (Å²) in [4.78, 5) is 7.91. The Morgan fingerprint density at radius 3 is 2.48 bits per heavy atom. The van der Waals surface area contributed by atoms with Crippen LogP contribution in [0.4, 0.5) is 19.0 Å². The number of likely N-dealkylation sites (N-methyl/N-ethyl adjacent to an activating group) is 1. The predicted octanol–water partition coefficient (Wildman–Crippen LogP) is 3.30. The van der Waals surface area contributed by atoms with Gasteiger partial charge in [-0.3, -0.25) is 4.90 Å². The van der Waals surface area contributed by atoms with Crippen LogP contribution in [0.2, 0.25) is 5.02 Å². The second-order valence-corrected chi connectivity index (χ2v) is 6.37. The van der Waals surface area contributed by atoms with Crippen molar-refractivity contribution in [1.82, 2.24) is 9.88 Å². The maximum Gasteiger partial charge on any atom is 0.417 e. The molecule has 8 heteroatoms. The van der Waals surface area contributed by atoms with Crippen LogP contribution in [0.15, 0.2) is 12.3 Å². The number of anilines is 1. The van der Waals surface area contributed by atoms with E-state index in [9.17, 15) is 13.2 Å². The van der Waals surface area contributed by atoms with E-state index in [0.717, 1.165) is 31.9 Å². The van der Waals surface area contributed by atoms with E-state index < -0.39 is 11.7 Å². The SMILES string of the molecule is C[C@@H]1CN(CCN(C)c2ncc(C(F)(F)F)cc2Cl)C[C@H](C)O1. The molecule has 0 unspecified atom stereocenters. The number of hydrogen-bond acceptors (Lipinski definition) is 4. The Bertz CT molecular complexity index is 531. The fourth-order valence-electron chi connectivity index (χ4n) is 2.73. The molecule has 23 heavy (non-hydrogen) atoms. The number of rotatable bonds is 4. The molecule has 2 atom stereocenters. The molecule has 130 valence electrons. The van der Waals surface area contributed by atoms with Crippen LogP contribution in [0.1, 0.15) is 19.4 Å². The predicted molar refractivity (Wildman–Crippen MR) is 84.0 cm³/mol. The molecule has 1 aromatic rings. The normalized spacial score (nSPS) is 23.1. The standard InChI is InChI=1S/C15H21ClF3N3O/c1-10-8-22(9-11(2)23-10)5-4-21(3)14-13(16)6-12(7-20-14)15(17,18)19/h6-7,10-11H,4-5,8-9H2,1-3H3/t10-,11+. The topological polar surface area (TPSA) is 28.6 Å². The Morgan fingerprint density at radius 1 is 1.35 bits per heavy atom. The molecule has 1 saturated heterocycles. The van der Waals surface area contributed by atoms with Gasteiger partial charge in [0.25, 0.3) is 0 Å². The third kappa shape index (κ3) is 4.96. The van der Waals surface area contributed by atoms with Gasteiger partial charge in [-0.2, -0.15) is 13.2 Å². The van der Waals surface area contributed by atoms with Crippen molar-refractivity contribution >= 4 is 17.4 Å². The number of halogens is 4. The molecular formula is C15H21ClF3N3O. The van der Waals surface area contributed by atoms with Crippen LogP contribution in [0.3, 0.4) is 0 Å². The molecule has 0 spiro atoms. The molecule has 2 heterocycles. The summed E-state index contributed by atoms with van der Waals surface area (Å²) in [5.41, 5.74) is -0.838. The Morgan fingerprint density at radius 2 is 1.96 bits per heavy atom. The lowest BCUT2D eigenvalue weighted by molar-refractivity contribution is -0.137. The highest BCUT2D eigenvalue weighted by molar-refractivity contribution is 6.33. The lowest BCUT2D eigenvalue weighted by atomic mass is 10.2. The molecule has 0 aromatic carbocycles. The number of alkyl halides is 3. The molecule has 0 bridgehead atoms. The fourth-order valence-corrected chi connectivity index (χ4v) is 3.04. The molecule has 0 amide bonds. The van der Waals surface area contributed by atoms with Gasteiger partial charge in [-0.15, -0.1) is 0 Å². The van der Waals surface area contributed by atoms with E-state index in [2.05, 4.69) is 9.88 Å². The second kappa shape index (κ2) is 7.23. The van der Waals surface area contributed by atoms with Gasteiger partial charge in [-0.1, -0.05) is 11.6 Å². The van der Waals surface area contributed by atoms with Gasteiger partial charge >= 0.3 is 6.18 Å². The van der Waals surface area contributed by atoms with Crippen LogP contribution in [-0.2, 0) is 10.9 Å². The minimum absolute atomic E-state index is 0.00559. The first-order valence-electron chi connectivity index (χ1n) is 7.48. The molecule has 0 N–H and O–H groups in total. The molecule has 0 radical (unpaired) electrons. The summed E-state index contributed by atoms with van der Waals surface area (Å²) in [5, 5.41) is 0.00559. The Kier molecular flexibility index (Phi) is 5.75. The first-order chi connectivity index (χ1) is 10.7. The van der Waals surface area contributed by atoms with Gasteiger partial charge in [-0.25, -0.2) is 4.98 Å². The number of aromatic nitrogens is 1. The van der Waals surface area contributed by atoms with Crippen molar-refractivity contribution in [3.63, 3.8) is 0 Å². The largest absolute Gasteiger partial charge is 0.417 e. The zero-order chi connectivity index (χ0) is 17.2. The lowest BCUT2D eigenvalue weighted by Crippen LogP contribution is -2.47. The monoisotopic (exact) mass is 351 g/mol. The van der Waals surface area contributed by atoms with Crippen molar-refractivity contribution in [2.45, 2.75) is 32.2 Å². The first-order valence-corrected chi connectivity index (χ1v) is 7.86. The molecule has 1 aliphatic rings. The van der Waals surface area contributed by atoms with Gasteiger partial charge in [0.15, 0.2) is 0 Å². The van der Waals surface area contributed by atoms with Crippen LogP contribution in [0, 0.1) is 0 Å². The van der Waals surface area contributed by atoms with Crippen molar-refractivity contribution in [2.75, 3.05) is 38.1 Å². The average molecular weight is 352 g/mol. The van der Waals surface area contributed by atoms with Crippen LogP contribution >= 0.6 is 11.6 Å².